The van der Waals surface area contributed by atoms with Crippen molar-refractivity contribution < 1.29 is 23.9 Å². The maximum Gasteiger partial charge on any atom is 0.427 e. The number of ether oxygens (including phenoxy) is 2. The van der Waals surface area contributed by atoms with E-state index < -0.39 is 23.4 Å². The Kier molecular flexibility index (Phi) is 6.64. The smallest absolute Gasteiger partial charge is 0.427 e. The molecule has 0 aliphatic heterocycles. The lowest BCUT2D eigenvalue weighted by Crippen LogP contribution is -2.44. The summed E-state index contributed by atoms with van der Waals surface area (Å²) < 4.78 is 10.5. The van der Waals surface area contributed by atoms with Crippen LogP contribution in [0.2, 0.25) is 0 Å². The summed E-state index contributed by atoms with van der Waals surface area (Å²) >= 11 is 3.04. The van der Waals surface area contributed by atoms with Crippen LogP contribution in [-0.2, 0) is 9.47 Å². The van der Waals surface area contributed by atoms with Crippen molar-refractivity contribution in [3.05, 3.63) is 18.0 Å². The van der Waals surface area contributed by atoms with Gasteiger partial charge in [0.05, 0.1) is 5.33 Å². The van der Waals surface area contributed by atoms with Gasteiger partial charge in [-0.05, 0) is 47.6 Å². The number of nitrogens with zero attached hydrogens (tertiary/aromatic N) is 3. The molecule has 0 N–H and O–H groups in total. The lowest BCUT2D eigenvalue weighted by atomic mass is 10.2. The molecule has 9 heteroatoms. The maximum absolute atomic E-state index is 12.5. The summed E-state index contributed by atoms with van der Waals surface area (Å²) in [6, 6.07) is 1.38. The fourth-order valence-electron chi connectivity index (χ4n) is 1.53. The largest absolute Gasteiger partial charge is 0.443 e. The van der Waals surface area contributed by atoms with E-state index in [2.05, 4.69) is 25.9 Å². The van der Waals surface area contributed by atoms with Crippen molar-refractivity contribution in [3.8, 4) is 0 Å². The molecule has 0 fully saturated rings. The third-order valence-electron chi connectivity index (χ3n) is 2.40. The summed E-state index contributed by atoms with van der Waals surface area (Å²) in [6.45, 7) is 9.94. The van der Waals surface area contributed by atoms with Gasteiger partial charge in [0.15, 0.2) is 5.78 Å². The first kappa shape index (κ1) is 21.0. The Morgan fingerprint density at radius 2 is 1.52 bits per heavy atom. The number of imide groups is 1. The van der Waals surface area contributed by atoms with Crippen molar-refractivity contribution in [2.45, 2.75) is 52.7 Å². The highest BCUT2D eigenvalue weighted by Gasteiger charge is 2.34. The molecular formula is C16H22BrN3O5. The molecule has 1 rings (SSSR count). The molecule has 0 saturated carbocycles. The number of carbonyl (C=O) groups is 3. The number of amides is 2. The second kappa shape index (κ2) is 7.90. The second-order valence-corrected chi connectivity index (χ2v) is 7.66. The van der Waals surface area contributed by atoms with Gasteiger partial charge in [0.25, 0.3) is 0 Å². The number of anilines is 1. The van der Waals surface area contributed by atoms with Crippen molar-refractivity contribution in [1.29, 1.82) is 0 Å². The van der Waals surface area contributed by atoms with Gasteiger partial charge in [-0.3, -0.25) is 4.79 Å². The van der Waals surface area contributed by atoms with Gasteiger partial charge < -0.3 is 9.47 Å². The molecule has 0 atom stereocenters. The highest BCUT2D eigenvalue weighted by atomic mass is 79.9. The van der Waals surface area contributed by atoms with Crippen LogP contribution in [0.25, 0.3) is 0 Å². The molecule has 1 heterocycles. The molecule has 0 spiro atoms. The SMILES string of the molecule is CC(C)(C)OC(=O)N(C(=O)OC(C)(C)C)c1nccc(C(=O)CBr)n1. The average molecular weight is 416 g/mol. The van der Waals surface area contributed by atoms with Gasteiger partial charge in [-0.15, -0.1) is 4.90 Å². The van der Waals surface area contributed by atoms with Crippen LogP contribution < -0.4 is 4.90 Å². The van der Waals surface area contributed by atoms with E-state index in [1.165, 1.54) is 12.3 Å². The molecule has 0 bridgehead atoms. The minimum absolute atomic E-state index is 0.0440. The summed E-state index contributed by atoms with van der Waals surface area (Å²) in [4.78, 5) is 45.2. The zero-order valence-electron chi connectivity index (χ0n) is 15.1. The van der Waals surface area contributed by atoms with E-state index in [1.54, 1.807) is 41.5 Å². The van der Waals surface area contributed by atoms with Gasteiger partial charge in [-0.25, -0.2) is 19.6 Å². The zero-order chi connectivity index (χ0) is 19.4. The monoisotopic (exact) mass is 415 g/mol. The molecule has 8 nitrogen and oxygen atoms in total. The minimum atomic E-state index is -0.995. The van der Waals surface area contributed by atoms with E-state index in [9.17, 15) is 14.4 Å². The number of hydrogen-bond acceptors (Lipinski definition) is 7. The Hall–Kier alpha value is -2.03. The molecule has 0 aliphatic carbocycles. The Morgan fingerprint density at radius 3 is 1.92 bits per heavy atom. The lowest BCUT2D eigenvalue weighted by molar-refractivity contribution is 0.0426. The first-order valence-electron chi connectivity index (χ1n) is 7.52. The summed E-state index contributed by atoms with van der Waals surface area (Å²) in [5.74, 6) is -0.618. The highest BCUT2D eigenvalue weighted by Crippen LogP contribution is 2.19. The number of alkyl halides is 1. The van der Waals surface area contributed by atoms with E-state index in [0.29, 0.717) is 4.90 Å². The van der Waals surface area contributed by atoms with E-state index in [4.69, 9.17) is 9.47 Å². The summed E-state index contributed by atoms with van der Waals surface area (Å²) in [5, 5.41) is 0.0440. The molecule has 0 radical (unpaired) electrons. The molecule has 0 aliphatic rings. The number of aromatic nitrogens is 2. The lowest BCUT2D eigenvalue weighted by Gasteiger charge is -2.27. The van der Waals surface area contributed by atoms with Crippen LogP contribution in [0.5, 0.6) is 0 Å². The standard InChI is InChI=1S/C16H22BrN3O5/c1-15(2,3)24-13(22)20(14(23)25-16(4,5)6)12-18-8-7-10(19-12)11(21)9-17/h7-8H,9H2,1-6H3. The Morgan fingerprint density at radius 1 is 1.04 bits per heavy atom. The molecule has 1 aromatic rings. The van der Waals surface area contributed by atoms with Crippen molar-refractivity contribution >= 4 is 39.8 Å². The van der Waals surface area contributed by atoms with Crippen LogP contribution in [0.15, 0.2) is 12.3 Å². The number of carbonyl (C=O) groups excluding carboxylic acids is 3. The third-order valence-corrected chi connectivity index (χ3v) is 2.91. The quantitative estimate of drug-likeness (QED) is 0.547. The van der Waals surface area contributed by atoms with Crippen molar-refractivity contribution in [3.63, 3.8) is 0 Å². The van der Waals surface area contributed by atoms with E-state index in [-0.39, 0.29) is 22.8 Å². The van der Waals surface area contributed by atoms with Crippen molar-refractivity contribution in [2.24, 2.45) is 0 Å². The molecule has 2 amide bonds. The van der Waals surface area contributed by atoms with Crippen molar-refractivity contribution in [1.82, 2.24) is 9.97 Å². The summed E-state index contributed by atoms with van der Waals surface area (Å²) in [7, 11) is 0. The second-order valence-electron chi connectivity index (χ2n) is 7.09. The van der Waals surface area contributed by atoms with Crippen LogP contribution in [0.1, 0.15) is 52.0 Å². The van der Waals surface area contributed by atoms with Crippen molar-refractivity contribution in [2.75, 3.05) is 10.2 Å². The van der Waals surface area contributed by atoms with Crippen LogP contribution in [0, 0.1) is 0 Å². The van der Waals surface area contributed by atoms with E-state index >= 15 is 0 Å². The molecule has 25 heavy (non-hydrogen) atoms. The topological polar surface area (TPSA) is 98.7 Å². The number of Topliss-reactive ketones (excluding diaryl/α,β-unsaturated/α-hetero) is 1. The Labute approximate surface area is 155 Å². The third kappa shape index (κ3) is 6.77. The Bertz CT molecular complexity index is 636. The van der Waals surface area contributed by atoms with Crippen LogP contribution >= 0.6 is 15.9 Å². The van der Waals surface area contributed by atoms with Gasteiger partial charge in [-0.1, -0.05) is 15.9 Å². The van der Waals surface area contributed by atoms with Gasteiger partial charge in [0.2, 0.25) is 5.95 Å². The van der Waals surface area contributed by atoms with Gasteiger partial charge in [-0.2, -0.15) is 0 Å². The molecule has 1 aromatic heterocycles. The first-order valence-corrected chi connectivity index (χ1v) is 8.64. The average Bonchev–Trinajstić information content (AvgIpc) is 2.43. The highest BCUT2D eigenvalue weighted by molar-refractivity contribution is 9.09. The maximum atomic E-state index is 12.5. The summed E-state index contributed by atoms with van der Waals surface area (Å²) in [6.07, 6.45) is -0.713. The molecular weight excluding hydrogens is 394 g/mol. The summed E-state index contributed by atoms with van der Waals surface area (Å²) in [5.41, 5.74) is -1.64. The number of halogens is 1. The molecule has 0 aromatic carbocycles. The van der Waals surface area contributed by atoms with Crippen LogP contribution in [0.4, 0.5) is 15.5 Å². The van der Waals surface area contributed by atoms with E-state index in [1.807, 2.05) is 0 Å². The normalized spacial score (nSPS) is 11.6. The minimum Gasteiger partial charge on any atom is -0.443 e. The number of ketones is 1. The number of rotatable bonds is 3. The fourth-order valence-corrected chi connectivity index (χ4v) is 1.82. The molecule has 0 saturated heterocycles. The molecule has 138 valence electrons. The molecule has 0 unspecified atom stereocenters. The van der Waals surface area contributed by atoms with Gasteiger partial charge in [0.1, 0.15) is 16.9 Å². The Balaban J connectivity index is 3.29. The first-order chi connectivity index (χ1) is 11.3. The van der Waals surface area contributed by atoms with Crippen LogP contribution in [-0.4, -0.2) is 44.5 Å². The van der Waals surface area contributed by atoms with Gasteiger partial charge >= 0.3 is 12.2 Å². The van der Waals surface area contributed by atoms with Gasteiger partial charge in [0, 0.05) is 6.20 Å². The predicted octanol–water partition coefficient (Wildman–Crippen LogP) is 3.73. The van der Waals surface area contributed by atoms with Crippen LogP contribution in [0.3, 0.4) is 0 Å². The van der Waals surface area contributed by atoms with E-state index in [0.717, 1.165) is 0 Å². The zero-order valence-corrected chi connectivity index (χ0v) is 16.7. The fraction of sp³-hybridized carbons (Fsp3) is 0.562. The number of hydrogen-bond donors (Lipinski definition) is 0. The predicted molar refractivity (Wildman–Crippen MR) is 95.1 cm³/mol.